The molecule has 0 saturated heterocycles. The van der Waals surface area contributed by atoms with Crippen LogP contribution in [-0.4, -0.2) is 34.9 Å². The number of rotatable bonds is 6. The van der Waals surface area contributed by atoms with Crippen LogP contribution in [-0.2, 0) is 4.79 Å². The quantitative estimate of drug-likeness (QED) is 0.622. The molecule has 2 aromatic rings. The molecule has 0 aromatic heterocycles. The van der Waals surface area contributed by atoms with Gasteiger partial charge in [-0.05, 0) is 42.8 Å². The topological polar surface area (TPSA) is 99.4 Å². The van der Waals surface area contributed by atoms with Crippen LogP contribution in [0.3, 0.4) is 0 Å². The second-order valence-electron chi connectivity index (χ2n) is 6.37. The highest BCUT2D eigenvalue weighted by Crippen LogP contribution is 2.36. The highest BCUT2D eigenvalue weighted by atomic mass is 79.9. The summed E-state index contributed by atoms with van der Waals surface area (Å²) < 4.78 is 5.85. The second-order valence-corrected chi connectivity index (χ2v) is 7.29. The van der Waals surface area contributed by atoms with E-state index in [2.05, 4.69) is 21.0 Å². The fraction of sp³-hybridized carbons (Fsp3) is 0.190. The van der Waals surface area contributed by atoms with Crippen molar-refractivity contribution in [3.8, 4) is 11.5 Å². The molecule has 150 valence electrons. The Bertz CT molecular complexity index is 1050. The van der Waals surface area contributed by atoms with E-state index < -0.39 is 11.9 Å². The SMILES string of the molecule is CCCC1=NN(c2cccc(C(=O)O)c2)C(=O)/C1=C/c1cc(Br)cc(OC)c1O. The molecule has 2 N–H and O–H groups in total. The summed E-state index contributed by atoms with van der Waals surface area (Å²) in [5.41, 5.74) is 1.74. The third kappa shape index (κ3) is 4.17. The molecule has 0 fully saturated rings. The van der Waals surface area contributed by atoms with E-state index in [1.165, 1.54) is 24.3 Å². The molecule has 29 heavy (non-hydrogen) atoms. The largest absolute Gasteiger partial charge is 0.504 e. The number of phenolic OH excluding ortho intramolecular Hbond substituents is 1. The number of amides is 1. The van der Waals surface area contributed by atoms with E-state index in [9.17, 15) is 19.8 Å². The van der Waals surface area contributed by atoms with Gasteiger partial charge < -0.3 is 14.9 Å². The number of hydrazone groups is 1. The molecule has 0 saturated carbocycles. The van der Waals surface area contributed by atoms with Crippen LogP contribution in [0.1, 0.15) is 35.7 Å². The molecule has 1 heterocycles. The minimum absolute atomic E-state index is 0.0642. The first-order valence-corrected chi connectivity index (χ1v) is 9.68. The van der Waals surface area contributed by atoms with Gasteiger partial charge in [0.25, 0.3) is 5.91 Å². The van der Waals surface area contributed by atoms with E-state index in [0.717, 1.165) is 6.42 Å². The summed E-state index contributed by atoms with van der Waals surface area (Å²) >= 11 is 3.37. The number of halogens is 1. The van der Waals surface area contributed by atoms with Crippen LogP contribution in [0.25, 0.3) is 6.08 Å². The molecule has 0 bridgehead atoms. The molecule has 1 aliphatic heterocycles. The van der Waals surface area contributed by atoms with Crippen molar-refractivity contribution in [2.24, 2.45) is 5.10 Å². The summed E-state index contributed by atoms with van der Waals surface area (Å²) in [6.45, 7) is 1.97. The van der Waals surface area contributed by atoms with Crippen molar-refractivity contribution in [1.82, 2.24) is 0 Å². The molecule has 0 spiro atoms. The lowest BCUT2D eigenvalue weighted by Crippen LogP contribution is -2.21. The van der Waals surface area contributed by atoms with Gasteiger partial charge >= 0.3 is 5.97 Å². The van der Waals surface area contributed by atoms with Crippen molar-refractivity contribution in [2.45, 2.75) is 19.8 Å². The van der Waals surface area contributed by atoms with Crippen LogP contribution in [0.5, 0.6) is 11.5 Å². The minimum Gasteiger partial charge on any atom is -0.504 e. The van der Waals surface area contributed by atoms with Gasteiger partial charge in [0.2, 0.25) is 0 Å². The van der Waals surface area contributed by atoms with E-state index >= 15 is 0 Å². The summed E-state index contributed by atoms with van der Waals surface area (Å²) in [4.78, 5) is 24.4. The molecule has 8 heteroatoms. The summed E-state index contributed by atoms with van der Waals surface area (Å²) in [7, 11) is 1.44. The predicted octanol–water partition coefficient (Wildman–Crippen LogP) is 4.45. The van der Waals surface area contributed by atoms with Crippen LogP contribution < -0.4 is 9.75 Å². The average Bonchev–Trinajstić information content (AvgIpc) is 3.00. The van der Waals surface area contributed by atoms with E-state index in [4.69, 9.17) is 4.74 Å². The van der Waals surface area contributed by atoms with E-state index in [1.54, 1.807) is 30.3 Å². The Kier molecular flexibility index (Phi) is 6.03. The molecular weight excluding hydrogens is 440 g/mol. The van der Waals surface area contributed by atoms with Crippen molar-refractivity contribution in [3.05, 3.63) is 57.6 Å². The van der Waals surface area contributed by atoms with Crippen molar-refractivity contribution >= 4 is 45.3 Å². The number of carbonyl (C=O) groups is 2. The maximum atomic E-state index is 13.1. The first-order chi connectivity index (χ1) is 13.8. The van der Waals surface area contributed by atoms with Gasteiger partial charge in [0.15, 0.2) is 11.5 Å². The number of methoxy groups -OCH3 is 1. The van der Waals surface area contributed by atoms with Crippen LogP contribution in [0.2, 0.25) is 0 Å². The van der Waals surface area contributed by atoms with Gasteiger partial charge in [-0.1, -0.05) is 35.3 Å². The monoisotopic (exact) mass is 458 g/mol. The van der Waals surface area contributed by atoms with E-state index in [-0.39, 0.29) is 17.1 Å². The fourth-order valence-electron chi connectivity index (χ4n) is 2.99. The number of anilines is 1. The van der Waals surface area contributed by atoms with Crippen molar-refractivity contribution in [3.63, 3.8) is 0 Å². The minimum atomic E-state index is -1.09. The zero-order valence-electron chi connectivity index (χ0n) is 15.8. The number of benzene rings is 2. The molecule has 0 radical (unpaired) electrons. The lowest BCUT2D eigenvalue weighted by Gasteiger charge is -2.12. The molecule has 7 nitrogen and oxygen atoms in total. The number of carbonyl (C=O) groups excluding carboxylic acids is 1. The third-order valence-corrected chi connectivity index (χ3v) is 4.83. The zero-order valence-corrected chi connectivity index (χ0v) is 17.4. The molecule has 1 aliphatic rings. The first kappa shape index (κ1) is 20.6. The molecule has 1 amide bonds. The van der Waals surface area contributed by atoms with Gasteiger partial charge in [-0.25, -0.2) is 4.79 Å². The van der Waals surface area contributed by atoms with Gasteiger partial charge in [-0.15, -0.1) is 0 Å². The molecule has 2 aromatic carbocycles. The maximum Gasteiger partial charge on any atom is 0.335 e. The summed E-state index contributed by atoms with van der Waals surface area (Å²) in [5.74, 6) is -1.29. The number of carboxylic acid groups (broad SMARTS) is 1. The van der Waals surface area contributed by atoms with E-state index in [1.807, 2.05) is 6.92 Å². The average molecular weight is 459 g/mol. The van der Waals surface area contributed by atoms with Crippen LogP contribution >= 0.6 is 15.9 Å². The Morgan fingerprint density at radius 2 is 2.07 bits per heavy atom. The van der Waals surface area contributed by atoms with Gasteiger partial charge in [0.05, 0.1) is 29.6 Å². The summed E-state index contributed by atoms with van der Waals surface area (Å²) in [6.07, 6.45) is 2.89. The van der Waals surface area contributed by atoms with Gasteiger partial charge in [0.1, 0.15) is 0 Å². The van der Waals surface area contributed by atoms with Crippen molar-refractivity contribution in [2.75, 3.05) is 12.1 Å². The third-order valence-electron chi connectivity index (χ3n) is 4.37. The Morgan fingerprint density at radius 3 is 2.72 bits per heavy atom. The van der Waals surface area contributed by atoms with E-state index in [0.29, 0.717) is 33.4 Å². The number of nitrogens with zero attached hydrogens (tertiary/aromatic N) is 2. The molecule has 0 unspecified atom stereocenters. The number of aromatic hydroxyl groups is 1. The first-order valence-electron chi connectivity index (χ1n) is 8.89. The lowest BCUT2D eigenvalue weighted by atomic mass is 10.0. The van der Waals surface area contributed by atoms with Crippen molar-refractivity contribution in [1.29, 1.82) is 0 Å². The van der Waals surface area contributed by atoms with Crippen molar-refractivity contribution < 1.29 is 24.5 Å². The Morgan fingerprint density at radius 1 is 1.31 bits per heavy atom. The van der Waals surface area contributed by atoms with Crippen LogP contribution in [0.4, 0.5) is 5.69 Å². The number of carboxylic acids is 1. The highest BCUT2D eigenvalue weighted by molar-refractivity contribution is 9.10. The number of ether oxygens (including phenoxy) is 1. The normalized spacial score (nSPS) is 15.0. The van der Waals surface area contributed by atoms with Crippen LogP contribution in [0, 0.1) is 0 Å². The smallest absolute Gasteiger partial charge is 0.335 e. The second kappa shape index (κ2) is 8.48. The van der Waals surface area contributed by atoms with Gasteiger partial charge in [-0.3, -0.25) is 4.79 Å². The number of hydrogen-bond acceptors (Lipinski definition) is 5. The fourth-order valence-corrected chi connectivity index (χ4v) is 3.44. The Balaban J connectivity index is 2.07. The predicted molar refractivity (Wildman–Crippen MR) is 114 cm³/mol. The number of phenols is 1. The highest BCUT2D eigenvalue weighted by Gasteiger charge is 2.31. The Labute approximate surface area is 176 Å². The number of hydrogen-bond donors (Lipinski definition) is 2. The summed E-state index contributed by atoms with van der Waals surface area (Å²) in [5, 5.41) is 25.3. The zero-order chi connectivity index (χ0) is 21.1. The summed E-state index contributed by atoms with van der Waals surface area (Å²) in [6, 6.07) is 9.34. The van der Waals surface area contributed by atoms with Crippen LogP contribution in [0.15, 0.2) is 51.5 Å². The molecule has 3 rings (SSSR count). The lowest BCUT2D eigenvalue weighted by molar-refractivity contribution is -0.114. The maximum absolute atomic E-state index is 13.1. The standard InChI is InChI=1S/C21H19BrN2O5/c1-3-5-17-16(10-13-8-14(22)11-18(29-2)19(13)25)20(26)24(23-17)15-7-4-6-12(9-15)21(27)28/h4,6-11,25H,3,5H2,1-2H3,(H,27,28)/b16-10+. The molecular formula is C21H19BrN2O5. The van der Waals surface area contributed by atoms with Gasteiger partial charge in [-0.2, -0.15) is 10.1 Å². The number of aromatic carboxylic acids is 1. The molecule has 0 aliphatic carbocycles. The Hall–Kier alpha value is -3.13. The molecule has 0 atom stereocenters. The van der Waals surface area contributed by atoms with Gasteiger partial charge in [0, 0.05) is 10.0 Å².